The van der Waals surface area contributed by atoms with E-state index in [1.54, 1.807) is 17.7 Å². The van der Waals surface area contributed by atoms with E-state index in [4.69, 9.17) is 10.2 Å². The number of hydrogen-bond donors (Lipinski definition) is 3. The second-order valence-electron chi connectivity index (χ2n) is 4.25. The van der Waals surface area contributed by atoms with E-state index in [1.807, 2.05) is 6.20 Å². The van der Waals surface area contributed by atoms with Crippen molar-refractivity contribution in [1.82, 2.24) is 9.97 Å². The highest BCUT2D eigenvalue weighted by Crippen LogP contribution is 2.27. The van der Waals surface area contributed by atoms with Gasteiger partial charge in [0.05, 0.1) is 6.33 Å². The molecule has 1 atom stereocenters. The van der Waals surface area contributed by atoms with Crippen molar-refractivity contribution in [2.45, 2.75) is 19.8 Å². The topological polar surface area (TPSA) is 103 Å². The zero-order valence-electron chi connectivity index (χ0n) is 11.6. The van der Waals surface area contributed by atoms with Crippen molar-refractivity contribution in [2.75, 3.05) is 0 Å². The number of aromatic nitrogens is 2. The molecule has 0 aliphatic carbocycles. The van der Waals surface area contributed by atoms with Gasteiger partial charge in [0, 0.05) is 30.0 Å². The molecule has 0 amide bonds. The van der Waals surface area contributed by atoms with Crippen molar-refractivity contribution in [1.29, 1.82) is 0 Å². The van der Waals surface area contributed by atoms with Gasteiger partial charge in [0.2, 0.25) is 0 Å². The Bertz CT molecular complexity index is 601. The second kappa shape index (κ2) is 8.01. The average molecular weight is 308 g/mol. The molecule has 21 heavy (non-hydrogen) atoms. The maximum atomic E-state index is 9.55. The smallest absolute Gasteiger partial charge is 0.328 e. The molecule has 2 rings (SSSR count). The number of carboxylic acids is 2. The molecule has 0 aliphatic heterocycles. The predicted molar refractivity (Wildman–Crippen MR) is 79.6 cm³/mol. The van der Waals surface area contributed by atoms with Crippen molar-refractivity contribution < 1.29 is 19.8 Å². The molecule has 0 spiro atoms. The number of hydrogen-bond acceptors (Lipinski definition) is 4. The fourth-order valence-electron chi connectivity index (χ4n) is 1.63. The van der Waals surface area contributed by atoms with E-state index in [0.717, 1.165) is 0 Å². The van der Waals surface area contributed by atoms with E-state index in [9.17, 15) is 9.59 Å². The number of nitrogens with zero attached hydrogens (tertiary/aromatic N) is 1. The van der Waals surface area contributed by atoms with Crippen LogP contribution in [0, 0.1) is 6.92 Å². The average Bonchev–Trinajstić information content (AvgIpc) is 3.07. The van der Waals surface area contributed by atoms with Gasteiger partial charge in [0.1, 0.15) is 0 Å². The van der Waals surface area contributed by atoms with Crippen LogP contribution >= 0.6 is 11.3 Å². The number of aliphatic carboxylic acids is 2. The summed E-state index contributed by atoms with van der Waals surface area (Å²) in [6.45, 7) is 4.35. The molecule has 2 heterocycles. The molecule has 1 unspecified atom stereocenters. The van der Waals surface area contributed by atoms with E-state index in [-0.39, 0.29) is 0 Å². The van der Waals surface area contributed by atoms with Crippen molar-refractivity contribution in [3.8, 4) is 0 Å². The van der Waals surface area contributed by atoms with E-state index in [2.05, 4.69) is 34.6 Å². The summed E-state index contributed by atoms with van der Waals surface area (Å²) in [7, 11) is 0. The SMILES string of the molecule is Cc1cscc1C(C)c1cnc[nH]1.O=C(O)C=CC(=O)O. The lowest BCUT2D eigenvalue weighted by Crippen LogP contribution is -1.95. The summed E-state index contributed by atoms with van der Waals surface area (Å²) in [6.07, 6.45) is 4.74. The fourth-order valence-corrected chi connectivity index (χ4v) is 2.57. The Balaban J connectivity index is 0.000000240. The quantitative estimate of drug-likeness (QED) is 0.753. The fraction of sp³-hybridized carbons (Fsp3) is 0.214. The van der Waals surface area contributed by atoms with Crippen molar-refractivity contribution in [3.63, 3.8) is 0 Å². The molecule has 0 saturated carbocycles. The van der Waals surface area contributed by atoms with Gasteiger partial charge in [-0.15, -0.1) is 0 Å². The molecule has 6 nitrogen and oxygen atoms in total. The maximum Gasteiger partial charge on any atom is 0.328 e. The van der Waals surface area contributed by atoms with Crippen molar-refractivity contribution in [3.05, 3.63) is 52.3 Å². The van der Waals surface area contributed by atoms with Crippen LogP contribution in [0.1, 0.15) is 29.7 Å². The zero-order valence-corrected chi connectivity index (χ0v) is 12.4. The monoisotopic (exact) mass is 308 g/mol. The summed E-state index contributed by atoms with van der Waals surface area (Å²) in [5.41, 5.74) is 3.95. The first-order chi connectivity index (χ1) is 9.91. The molecule has 2 aromatic rings. The zero-order chi connectivity index (χ0) is 15.8. The lowest BCUT2D eigenvalue weighted by atomic mass is 9.98. The standard InChI is InChI=1S/C10H12N2S.C4H4O4/c1-7-4-13-5-9(7)8(2)10-3-11-6-12-10;5-3(6)1-2-4(7)8/h3-6,8H,1-2H3,(H,11,12);1-2H,(H,5,6)(H,7,8). The highest BCUT2D eigenvalue weighted by Gasteiger charge is 2.12. The third-order valence-corrected chi connectivity index (χ3v) is 3.60. The number of rotatable bonds is 4. The summed E-state index contributed by atoms with van der Waals surface area (Å²) in [5, 5.41) is 20.0. The highest BCUT2D eigenvalue weighted by atomic mass is 32.1. The molecule has 0 saturated heterocycles. The summed E-state index contributed by atoms with van der Waals surface area (Å²) in [5.74, 6) is -2.09. The van der Waals surface area contributed by atoms with Crippen LogP contribution < -0.4 is 0 Å². The minimum Gasteiger partial charge on any atom is -0.478 e. The lowest BCUT2D eigenvalue weighted by molar-refractivity contribution is -0.134. The Hall–Kier alpha value is -2.41. The van der Waals surface area contributed by atoms with Gasteiger partial charge in [-0.3, -0.25) is 0 Å². The molecular weight excluding hydrogens is 292 g/mol. The molecular formula is C14H16N2O4S. The number of carboxylic acid groups (broad SMARTS) is 2. The van der Waals surface area contributed by atoms with Crippen LogP contribution in [0.25, 0.3) is 0 Å². The lowest BCUT2D eigenvalue weighted by Gasteiger charge is -2.08. The molecule has 2 aromatic heterocycles. The number of nitrogens with one attached hydrogen (secondary N) is 1. The molecule has 0 radical (unpaired) electrons. The molecule has 0 bridgehead atoms. The molecule has 0 fully saturated rings. The molecule has 7 heteroatoms. The number of aryl methyl sites for hydroxylation is 1. The Labute approximate surface area is 125 Å². The summed E-state index contributed by atoms with van der Waals surface area (Å²) in [6, 6.07) is 0. The van der Waals surface area contributed by atoms with E-state index in [0.29, 0.717) is 18.1 Å². The summed E-state index contributed by atoms with van der Waals surface area (Å²) < 4.78 is 0. The number of thiophene rings is 1. The normalized spacial score (nSPS) is 11.7. The van der Waals surface area contributed by atoms with Crippen molar-refractivity contribution in [2.24, 2.45) is 0 Å². The van der Waals surface area contributed by atoms with Crippen LogP contribution in [0.5, 0.6) is 0 Å². The molecule has 0 aliphatic rings. The molecule has 0 aromatic carbocycles. The first kappa shape index (κ1) is 16.6. The van der Waals surface area contributed by atoms with Gasteiger partial charge in [-0.05, 0) is 28.8 Å². The van der Waals surface area contributed by atoms with Gasteiger partial charge in [0.15, 0.2) is 0 Å². The molecule has 3 N–H and O–H groups in total. The highest BCUT2D eigenvalue weighted by molar-refractivity contribution is 7.08. The first-order valence-corrected chi connectivity index (χ1v) is 7.01. The van der Waals surface area contributed by atoms with Gasteiger partial charge in [-0.25, -0.2) is 14.6 Å². The van der Waals surface area contributed by atoms with Gasteiger partial charge < -0.3 is 15.2 Å². The third-order valence-electron chi connectivity index (χ3n) is 2.72. The van der Waals surface area contributed by atoms with Crippen LogP contribution in [-0.4, -0.2) is 32.1 Å². The predicted octanol–water partition coefficient (Wildman–Crippen LogP) is 2.64. The first-order valence-electron chi connectivity index (χ1n) is 6.06. The third kappa shape index (κ3) is 5.62. The minimum absolute atomic E-state index is 0.425. The molecule has 112 valence electrons. The summed E-state index contributed by atoms with van der Waals surface area (Å²) >= 11 is 1.76. The number of imidazole rings is 1. The Morgan fingerprint density at radius 2 is 1.90 bits per heavy atom. The number of carbonyl (C=O) groups is 2. The Morgan fingerprint density at radius 1 is 1.29 bits per heavy atom. The van der Waals surface area contributed by atoms with Gasteiger partial charge in [0.25, 0.3) is 0 Å². The second-order valence-corrected chi connectivity index (χ2v) is 4.99. The van der Waals surface area contributed by atoms with Crippen molar-refractivity contribution >= 4 is 23.3 Å². The van der Waals surface area contributed by atoms with Gasteiger partial charge in [-0.1, -0.05) is 6.92 Å². The Kier molecular flexibility index (Phi) is 6.35. The van der Waals surface area contributed by atoms with Crippen LogP contribution in [0.4, 0.5) is 0 Å². The minimum atomic E-state index is -1.26. The van der Waals surface area contributed by atoms with Gasteiger partial charge >= 0.3 is 11.9 Å². The van der Waals surface area contributed by atoms with E-state index in [1.165, 1.54) is 16.8 Å². The van der Waals surface area contributed by atoms with Crippen LogP contribution in [0.2, 0.25) is 0 Å². The van der Waals surface area contributed by atoms with Crippen LogP contribution in [0.15, 0.2) is 35.4 Å². The number of H-pyrrole nitrogens is 1. The maximum absolute atomic E-state index is 9.55. The number of aromatic amines is 1. The van der Waals surface area contributed by atoms with E-state index < -0.39 is 11.9 Å². The largest absolute Gasteiger partial charge is 0.478 e. The van der Waals surface area contributed by atoms with Gasteiger partial charge in [-0.2, -0.15) is 11.3 Å². The van der Waals surface area contributed by atoms with Crippen LogP contribution in [-0.2, 0) is 9.59 Å². The van der Waals surface area contributed by atoms with Crippen LogP contribution in [0.3, 0.4) is 0 Å². The summed E-state index contributed by atoms with van der Waals surface area (Å²) in [4.78, 5) is 26.3. The Morgan fingerprint density at radius 3 is 2.29 bits per heavy atom. The van der Waals surface area contributed by atoms with E-state index >= 15 is 0 Å².